The van der Waals surface area contributed by atoms with Gasteiger partial charge in [0.1, 0.15) is 11.5 Å². The van der Waals surface area contributed by atoms with Crippen molar-refractivity contribution in [3.05, 3.63) is 54.1 Å². The van der Waals surface area contributed by atoms with E-state index < -0.39 is 12.6 Å². The molecule has 2 aromatic carbocycles. The average molecular weight is 343 g/mol. The molecule has 0 aliphatic carbocycles. The van der Waals surface area contributed by atoms with Crippen LogP contribution in [-0.4, -0.2) is 30.7 Å². The lowest BCUT2D eigenvalue weighted by molar-refractivity contribution is -0.139. The van der Waals surface area contributed by atoms with Crippen molar-refractivity contribution in [2.24, 2.45) is 5.92 Å². The number of rotatable bonds is 8. The molecule has 0 aliphatic heterocycles. The van der Waals surface area contributed by atoms with Gasteiger partial charge in [-0.2, -0.15) is 0 Å². The first kappa shape index (κ1) is 18.3. The van der Waals surface area contributed by atoms with Gasteiger partial charge in [0.2, 0.25) is 5.91 Å². The third-order valence-corrected chi connectivity index (χ3v) is 3.61. The molecule has 1 unspecified atom stereocenters. The predicted octanol–water partition coefficient (Wildman–Crippen LogP) is 2.98. The number of carboxylic acid groups (broad SMARTS) is 1. The number of aliphatic carboxylic acids is 1. The lowest BCUT2D eigenvalue weighted by Crippen LogP contribution is -2.22. The Hall–Kier alpha value is -3.02. The summed E-state index contributed by atoms with van der Waals surface area (Å²) in [5.74, 6) is -0.229. The highest BCUT2D eigenvalue weighted by Crippen LogP contribution is 2.19. The quantitative estimate of drug-likeness (QED) is 0.770. The molecule has 6 nitrogen and oxygen atoms in total. The molecule has 0 fully saturated rings. The minimum Gasteiger partial charge on any atom is -0.497 e. The molecule has 0 saturated heterocycles. The van der Waals surface area contributed by atoms with E-state index in [0.717, 1.165) is 11.3 Å². The first-order valence-corrected chi connectivity index (χ1v) is 7.86. The van der Waals surface area contributed by atoms with E-state index in [-0.39, 0.29) is 11.8 Å². The van der Waals surface area contributed by atoms with Gasteiger partial charge in [0.05, 0.1) is 7.11 Å². The largest absolute Gasteiger partial charge is 0.497 e. The highest BCUT2D eigenvalue weighted by Gasteiger charge is 2.14. The minimum atomic E-state index is -1.05. The molecule has 0 spiro atoms. The van der Waals surface area contributed by atoms with Gasteiger partial charge in [-0.3, -0.25) is 4.79 Å². The molecular weight excluding hydrogens is 322 g/mol. The molecule has 2 rings (SSSR count). The van der Waals surface area contributed by atoms with Gasteiger partial charge in [0.25, 0.3) is 0 Å². The van der Waals surface area contributed by atoms with Crippen molar-refractivity contribution in [3.63, 3.8) is 0 Å². The second kappa shape index (κ2) is 8.73. The van der Waals surface area contributed by atoms with Crippen LogP contribution in [0.1, 0.15) is 12.5 Å². The number of carbonyl (C=O) groups excluding carboxylic acids is 1. The van der Waals surface area contributed by atoms with Crippen LogP contribution in [0.25, 0.3) is 0 Å². The summed E-state index contributed by atoms with van der Waals surface area (Å²) in [5, 5.41) is 11.5. The van der Waals surface area contributed by atoms with Crippen LogP contribution in [0.4, 0.5) is 5.69 Å². The van der Waals surface area contributed by atoms with E-state index in [1.807, 2.05) is 31.2 Å². The number of amides is 1. The summed E-state index contributed by atoms with van der Waals surface area (Å²) < 4.78 is 10.2. The second-order valence-electron chi connectivity index (χ2n) is 5.65. The topological polar surface area (TPSA) is 84.9 Å². The van der Waals surface area contributed by atoms with Crippen LogP contribution in [0.2, 0.25) is 0 Å². The van der Waals surface area contributed by atoms with Crippen molar-refractivity contribution < 1.29 is 24.2 Å². The van der Waals surface area contributed by atoms with E-state index in [9.17, 15) is 9.59 Å². The Bertz CT molecular complexity index is 727. The SMILES string of the molecule is COc1ccc(CC(C)C(=O)Nc2cccc(OCC(=O)O)c2)cc1. The first-order valence-electron chi connectivity index (χ1n) is 7.86. The van der Waals surface area contributed by atoms with E-state index in [1.54, 1.807) is 31.4 Å². The molecule has 6 heteroatoms. The van der Waals surface area contributed by atoms with Crippen LogP contribution in [-0.2, 0) is 16.0 Å². The van der Waals surface area contributed by atoms with Crippen LogP contribution in [0.15, 0.2) is 48.5 Å². The first-order chi connectivity index (χ1) is 12.0. The molecule has 0 heterocycles. The van der Waals surface area contributed by atoms with Crippen LogP contribution in [0, 0.1) is 5.92 Å². The van der Waals surface area contributed by atoms with Gasteiger partial charge in [-0.1, -0.05) is 25.1 Å². The summed E-state index contributed by atoms with van der Waals surface area (Å²) in [4.78, 5) is 22.9. The van der Waals surface area contributed by atoms with E-state index in [4.69, 9.17) is 14.6 Å². The molecule has 0 saturated carbocycles. The molecule has 1 atom stereocenters. The molecule has 2 N–H and O–H groups in total. The lowest BCUT2D eigenvalue weighted by atomic mass is 10.00. The zero-order valence-corrected chi connectivity index (χ0v) is 14.2. The molecule has 0 radical (unpaired) electrons. The number of anilines is 1. The van der Waals surface area contributed by atoms with Crippen molar-refractivity contribution in [2.75, 3.05) is 19.0 Å². The normalized spacial score (nSPS) is 11.4. The molecule has 0 aromatic heterocycles. The Labute approximate surface area is 146 Å². The van der Waals surface area contributed by atoms with E-state index in [1.165, 1.54) is 0 Å². The van der Waals surface area contributed by atoms with E-state index in [2.05, 4.69) is 5.32 Å². The minimum absolute atomic E-state index is 0.119. The van der Waals surface area contributed by atoms with Crippen molar-refractivity contribution >= 4 is 17.6 Å². The molecule has 2 aromatic rings. The Morgan fingerprint density at radius 1 is 1.12 bits per heavy atom. The van der Waals surface area contributed by atoms with Crippen molar-refractivity contribution in [2.45, 2.75) is 13.3 Å². The third-order valence-electron chi connectivity index (χ3n) is 3.61. The summed E-state index contributed by atoms with van der Waals surface area (Å²) in [6.45, 7) is 1.43. The molecular formula is C19H21NO5. The smallest absolute Gasteiger partial charge is 0.341 e. The fourth-order valence-electron chi connectivity index (χ4n) is 2.28. The number of carboxylic acids is 1. The van der Waals surface area contributed by atoms with Crippen LogP contribution in [0.5, 0.6) is 11.5 Å². The van der Waals surface area contributed by atoms with E-state index >= 15 is 0 Å². The zero-order chi connectivity index (χ0) is 18.2. The fourth-order valence-corrected chi connectivity index (χ4v) is 2.28. The fraction of sp³-hybridized carbons (Fsp3) is 0.263. The molecule has 25 heavy (non-hydrogen) atoms. The van der Waals surface area contributed by atoms with Gasteiger partial charge in [-0.05, 0) is 36.2 Å². The molecule has 132 valence electrons. The number of carbonyl (C=O) groups is 2. The summed E-state index contributed by atoms with van der Waals surface area (Å²) in [6, 6.07) is 14.3. The monoisotopic (exact) mass is 343 g/mol. The summed E-state index contributed by atoms with van der Waals surface area (Å²) in [6.07, 6.45) is 0.602. The van der Waals surface area contributed by atoms with Gasteiger partial charge in [0, 0.05) is 17.7 Å². The van der Waals surface area contributed by atoms with E-state index in [0.29, 0.717) is 17.9 Å². The van der Waals surface area contributed by atoms with Crippen LogP contribution in [0.3, 0.4) is 0 Å². The summed E-state index contributed by atoms with van der Waals surface area (Å²) in [5.41, 5.74) is 1.61. The number of ether oxygens (including phenoxy) is 2. The van der Waals surface area contributed by atoms with Gasteiger partial charge in [-0.25, -0.2) is 4.79 Å². The zero-order valence-electron chi connectivity index (χ0n) is 14.2. The summed E-state index contributed by atoms with van der Waals surface area (Å²) in [7, 11) is 1.61. The number of hydrogen-bond donors (Lipinski definition) is 2. The Morgan fingerprint density at radius 3 is 2.48 bits per heavy atom. The second-order valence-corrected chi connectivity index (χ2v) is 5.65. The molecule has 1 amide bonds. The maximum atomic E-state index is 12.3. The van der Waals surface area contributed by atoms with Crippen molar-refractivity contribution in [3.8, 4) is 11.5 Å². The van der Waals surface area contributed by atoms with Gasteiger partial charge >= 0.3 is 5.97 Å². The van der Waals surface area contributed by atoms with Gasteiger partial charge in [0.15, 0.2) is 6.61 Å². The van der Waals surface area contributed by atoms with Crippen LogP contribution < -0.4 is 14.8 Å². The van der Waals surface area contributed by atoms with Crippen molar-refractivity contribution in [1.29, 1.82) is 0 Å². The Kier molecular flexibility index (Phi) is 6.39. The van der Waals surface area contributed by atoms with Gasteiger partial charge in [-0.15, -0.1) is 0 Å². The maximum absolute atomic E-state index is 12.3. The summed E-state index contributed by atoms with van der Waals surface area (Å²) >= 11 is 0. The highest BCUT2D eigenvalue weighted by atomic mass is 16.5. The number of methoxy groups -OCH3 is 1. The third kappa shape index (κ3) is 5.84. The predicted molar refractivity (Wildman–Crippen MR) is 94.1 cm³/mol. The Balaban J connectivity index is 1.93. The molecule has 0 bridgehead atoms. The van der Waals surface area contributed by atoms with Crippen LogP contribution >= 0.6 is 0 Å². The number of benzene rings is 2. The lowest BCUT2D eigenvalue weighted by Gasteiger charge is -2.13. The number of hydrogen-bond acceptors (Lipinski definition) is 4. The maximum Gasteiger partial charge on any atom is 0.341 e. The Morgan fingerprint density at radius 2 is 1.84 bits per heavy atom. The standard InChI is InChI=1S/C19H21NO5/c1-13(10-14-6-8-16(24-2)9-7-14)19(23)20-15-4-3-5-17(11-15)25-12-18(21)22/h3-9,11,13H,10,12H2,1-2H3,(H,20,23)(H,21,22). The van der Waals surface area contributed by atoms with Crippen molar-refractivity contribution in [1.82, 2.24) is 0 Å². The average Bonchev–Trinajstić information content (AvgIpc) is 2.61. The number of nitrogens with one attached hydrogen (secondary N) is 1. The van der Waals surface area contributed by atoms with Gasteiger partial charge < -0.3 is 19.9 Å². The highest BCUT2D eigenvalue weighted by molar-refractivity contribution is 5.92. The molecule has 0 aliphatic rings.